The molecule has 0 spiro atoms. The van der Waals surface area contributed by atoms with Crippen LogP contribution in [0.4, 0.5) is 10.2 Å². The van der Waals surface area contributed by atoms with Crippen LogP contribution in [-0.2, 0) is 6.42 Å². The van der Waals surface area contributed by atoms with Crippen LogP contribution in [0.3, 0.4) is 0 Å². The lowest BCUT2D eigenvalue weighted by Crippen LogP contribution is -2.12. The van der Waals surface area contributed by atoms with Crippen LogP contribution >= 0.6 is 15.9 Å². The maximum absolute atomic E-state index is 13.0. The molecule has 90 valence electrons. The van der Waals surface area contributed by atoms with Gasteiger partial charge in [0, 0.05) is 0 Å². The molecule has 0 saturated carbocycles. The minimum atomic E-state index is -0.218. The van der Waals surface area contributed by atoms with Crippen molar-refractivity contribution in [3.63, 3.8) is 0 Å². The third-order valence-corrected chi connectivity index (χ3v) is 3.24. The van der Waals surface area contributed by atoms with Crippen LogP contribution in [0.1, 0.15) is 18.5 Å². The molecule has 0 radical (unpaired) electrons. The predicted octanol–water partition coefficient (Wildman–Crippen LogP) is 3.17. The van der Waals surface area contributed by atoms with Crippen molar-refractivity contribution in [1.82, 2.24) is 9.78 Å². The number of benzene rings is 1. The van der Waals surface area contributed by atoms with Gasteiger partial charge in [-0.3, -0.25) is 0 Å². The summed E-state index contributed by atoms with van der Waals surface area (Å²) in [5, 5.41) is 4.18. The molecule has 2 N–H and O–H groups in total. The van der Waals surface area contributed by atoms with Crippen LogP contribution in [0, 0.1) is 5.82 Å². The van der Waals surface area contributed by atoms with Gasteiger partial charge in [0.15, 0.2) is 0 Å². The van der Waals surface area contributed by atoms with Gasteiger partial charge in [0.05, 0.1) is 16.7 Å². The maximum atomic E-state index is 13.0. The van der Waals surface area contributed by atoms with Crippen molar-refractivity contribution in [3.8, 4) is 0 Å². The molecule has 0 aliphatic carbocycles. The Labute approximate surface area is 108 Å². The molecule has 0 saturated heterocycles. The zero-order valence-electron chi connectivity index (χ0n) is 9.40. The van der Waals surface area contributed by atoms with Crippen molar-refractivity contribution in [2.45, 2.75) is 19.4 Å². The van der Waals surface area contributed by atoms with E-state index in [1.165, 1.54) is 12.1 Å². The summed E-state index contributed by atoms with van der Waals surface area (Å²) < 4.78 is 15.6. The second-order valence-electron chi connectivity index (χ2n) is 4.01. The standard InChI is InChI=1S/C12H13BrFN3/c1-8(17-12(15)11(13)7-16-17)5-9-3-2-4-10(14)6-9/h2-4,6-8H,5,15H2,1H3. The molecule has 1 atom stereocenters. The Balaban J connectivity index is 2.17. The summed E-state index contributed by atoms with van der Waals surface area (Å²) in [5.41, 5.74) is 6.80. The first-order valence-electron chi connectivity index (χ1n) is 5.31. The Bertz CT molecular complexity index is 524. The van der Waals surface area contributed by atoms with Gasteiger partial charge in [-0.05, 0) is 47.0 Å². The third-order valence-electron chi connectivity index (χ3n) is 2.62. The molecule has 0 bridgehead atoms. The molecule has 0 aliphatic rings. The van der Waals surface area contributed by atoms with Crippen LogP contribution in [0.25, 0.3) is 0 Å². The lowest BCUT2D eigenvalue weighted by molar-refractivity contribution is 0.494. The van der Waals surface area contributed by atoms with Crippen LogP contribution in [0.2, 0.25) is 0 Å². The van der Waals surface area contributed by atoms with Crippen molar-refractivity contribution in [3.05, 3.63) is 46.3 Å². The van der Waals surface area contributed by atoms with Gasteiger partial charge in [0.25, 0.3) is 0 Å². The molecule has 1 aromatic carbocycles. The van der Waals surface area contributed by atoms with Gasteiger partial charge in [-0.1, -0.05) is 12.1 Å². The van der Waals surface area contributed by atoms with E-state index in [1.807, 2.05) is 13.0 Å². The van der Waals surface area contributed by atoms with Gasteiger partial charge in [-0.15, -0.1) is 0 Å². The van der Waals surface area contributed by atoms with Gasteiger partial charge < -0.3 is 5.73 Å². The van der Waals surface area contributed by atoms with Crippen molar-refractivity contribution in [1.29, 1.82) is 0 Å². The molecule has 1 heterocycles. The summed E-state index contributed by atoms with van der Waals surface area (Å²) in [4.78, 5) is 0. The SMILES string of the molecule is CC(Cc1cccc(F)c1)n1ncc(Br)c1N. The average molecular weight is 298 g/mol. The Morgan fingerprint density at radius 3 is 2.88 bits per heavy atom. The number of nitrogens with zero attached hydrogens (tertiary/aromatic N) is 2. The molecular weight excluding hydrogens is 285 g/mol. The van der Waals surface area contributed by atoms with Crippen molar-refractivity contribution in [2.75, 3.05) is 5.73 Å². The molecule has 1 unspecified atom stereocenters. The van der Waals surface area contributed by atoms with Crippen molar-refractivity contribution >= 4 is 21.7 Å². The first kappa shape index (κ1) is 12.1. The van der Waals surface area contributed by atoms with E-state index in [9.17, 15) is 4.39 Å². The molecular formula is C12H13BrFN3. The highest BCUT2D eigenvalue weighted by atomic mass is 79.9. The largest absolute Gasteiger partial charge is 0.383 e. The maximum Gasteiger partial charge on any atom is 0.136 e. The molecule has 0 fully saturated rings. The zero-order chi connectivity index (χ0) is 12.4. The summed E-state index contributed by atoms with van der Waals surface area (Å²) in [6, 6.07) is 6.66. The summed E-state index contributed by atoms with van der Waals surface area (Å²) >= 11 is 3.31. The molecule has 0 amide bonds. The van der Waals surface area contributed by atoms with Gasteiger partial charge in [-0.2, -0.15) is 5.10 Å². The first-order valence-corrected chi connectivity index (χ1v) is 6.10. The summed E-state index contributed by atoms with van der Waals surface area (Å²) in [6.45, 7) is 2.00. The Kier molecular flexibility index (Phi) is 3.47. The summed E-state index contributed by atoms with van der Waals surface area (Å²) in [7, 11) is 0. The average Bonchev–Trinajstić information content (AvgIpc) is 2.60. The Morgan fingerprint density at radius 1 is 1.53 bits per heavy atom. The summed E-state index contributed by atoms with van der Waals surface area (Å²) in [6.07, 6.45) is 2.35. The summed E-state index contributed by atoms with van der Waals surface area (Å²) in [5.74, 6) is 0.373. The highest BCUT2D eigenvalue weighted by molar-refractivity contribution is 9.10. The third kappa shape index (κ3) is 2.66. The first-order chi connectivity index (χ1) is 8.08. The second kappa shape index (κ2) is 4.87. The molecule has 17 heavy (non-hydrogen) atoms. The number of halogens is 2. The van der Waals surface area contributed by atoms with E-state index in [4.69, 9.17) is 5.73 Å². The molecule has 0 aliphatic heterocycles. The number of aromatic nitrogens is 2. The predicted molar refractivity (Wildman–Crippen MR) is 69.2 cm³/mol. The number of rotatable bonds is 3. The fraction of sp³-hybridized carbons (Fsp3) is 0.250. The lowest BCUT2D eigenvalue weighted by Gasteiger charge is -2.14. The highest BCUT2D eigenvalue weighted by Gasteiger charge is 2.12. The minimum Gasteiger partial charge on any atom is -0.383 e. The van der Waals surface area contributed by atoms with Crippen molar-refractivity contribution in [2.24, 2.45) is 0 Å². The van der Waals surface area contributed by atoms with Gasteiger partial charge >= 0.3 is 0 Å². The Morgan fingerprint density at radius 2 is 2.29 bits per heavy atom. The number of anilines is 1. The minimum absolute atomic E-state index is 0.0862. The van der Waals surface area contributed by atoms with E-state index in [2.05, 4.69) is 21.0 Å². The van der Waals surface area contributed by atoms with E-state index in [0.717, 1.165) is 10.0 Å². The van der Waals surface area contributed by atoms with E-state index < -0.39 is 0 Å². The lowest BCUT2D eigenvalue weighted by atomic mass is 10.1. The van der Waals surface area contributed by atoms with Crippen LogP contribution in [0.5, 0.6) is 0 Å². The molecule has 1 aromatic heterocycles. The van der Waals surface area contributed by atoms with Gasteiger partial charge in [0.1, 0.15) is 11.6 Å². The zero-order valence-corrected chi connectivity index (χ0v) is 11.0. The number of hydrogen-bond donors (Lipinski definition) is 1. The van der Waals surface area contributed by atoms with Crippen LogP contribution in [-0.4, -0.2) is 9.78 Å². The van der Waals surface area contributed by atoms with Gasteiger partial charge in [-0.25, -0.2) is 9.07 Å². The van der Waals surface area contributed by atoms with E-state index in [1.54, 1.807) is 16.9 Å². The molecule has 3 nitrogen and oxygen atoms in total. The van der Waals surface area contributed by atoms with E-state index in [-0.39, 0.29) is 11.9 Å². The molecule has 5 heteroatoms. The topological polar surface area (TPSA) is 43.8 Å². The monoisotopic (exact) mass is 297 g/mol. The van der Waals surface area contributed by atoms with Gasteiger partial charge in [0.2, 0.25) is 0 Å². The number of hydrogen-bond acceptors (Lipinski definition) is 2. The molecule has 2 rings (SSSR count). The number of nitrogens with two attached hydrogens (primary N) is 1. The normalized spacial score (nSPS) is 12.6. The van der Waals surface area contributed by atoms with E-state index >= 15 is 0 Å². The van der Waals surface area contributed by atoms with E-state index in [0.29, 0.717) is 12.2 Å². The van der Waals surface area contributed by atoms with Crippen LogP contribution in [0.15, 0.2) is 34.9 Å². The smallest absolute Gasteiger partial charge is 0.136 e. The fourth-order valence-electron chi connectivity index (χ4n) is 1.79. The number of nitrogen functional groups attached to an aromatic ring is 1. The molecule has 2 aromatic rings. The quantitative estimate of drug-likeness (QED) is 0.946. The Hall–Kier alpha value is -1.36. The van der Waals surface area contributed by atoms with Crippen LogP contribution < -0.4 is 5.73 Å². The second-order valence-corrected chi connectivity index (χ2v) is 4.86. The van der Waals surface area contributed by atoms with Crippen molar-refractivity contribution < 1.29 is 4.39 Å². The fourth-order valence-corrected chi connectivity index (χ4v) is 2.07. The highest BCUT2D eigenvalue weighted by Crippen LogP contribution is 2.23.